The molecule has 2 fully saturated rings. The van der Waals surface area contributed by atoms with E-state index in [0.717, 1.165) is 19.3 Å². The molecule has 1 aromatic heterocycles. The number of hydrogen-bond acceptors (Lipinski definition) is 3. The van der Waals surface area contributed by atoms with Crippen LogP contribution in [0.15, 0.2) is 17.5 Å². The Bertz CT molecular complexity index is 417. The van der Waals surface area contributed by atoms with Crippen LogP contribution in [-0.4, -0.2) is 35.1 Å². The van der Waals surface area contributed by atoms with Crippen LogP contribution in [0, 0.1) is 5.92 Å². The smallest absolute Gasteiger partial charge is 0.307 e. The highest BCUT2D eigenvalue weighted by molar-refractivity contribution is 7.10. The van der Waals surface area contributed by atoms with Gasteiger partial charge in [-0.2, -0.15) is 0 Å². The van der Waals surface area contributed by atoms with Gasteiger partial charge in [0.1, 0.15) is 0 Å². The summed E-state index contributed by atoms with van der Waals surface area (Å²) in [6, 6.07) is 5.03. The number of aliphatic carboxylic acids is 1. The first-order chi connectivity index (χ1) is 8.18. The van der Waals surface area contributed by atoms with Gasteiger partial charge in [-0.3, -0.25) is 9.69 Å². The number of thiophene rings is 1. The van der Waals surface area contributed by atoms with Gasteiger partial charge in [-0.05, 0) is 37.8 Å². The van der Waals surface area contributed by atoms with Crippen LogP contribution in [0.1, 0.15) is 30.1 Å². The van der Waals surface area contributed by atoms with Crippen molar-refractivity contribution in [1.82, 2.24) is 4.90 Å². The highest BCUT2D eigenvalue weighted by atomic mass is 32.1. The number of rotatable bonds is 2. The summed E-state index contributed by atoms with van der Waals surface area (Å²) in [5, 5.41) is 11.5. The van der Waals surface area contributed by atoms with Crippen LogP contribution in [0.25, 0.3) is 0 Å². The SMILES string of the molecule is CN1C2CC[C@H]1C(c1cccs1)C(C(=O)O)C2. The summed E-state index contributed by atoms with van der Waals surface area (Å²) in [6.07, 6.45) is 3.12. The molecule has 4 atom stereocenters. The van der Waals surface area contributed by atoms with E-state index in [-0.39, 0.29) is 11.8 Å². The summed E-state index contributed by atoms with van der Waals surface area (Å²) >= 11 is 1.70. The van der Waals surface area contributed by atoms with E-state index >= 15 is 0 Å². The lowest BCUT2D eigenvalue weighted by atomic mass is 9.79. The van der Waals surface area contributed by atoms with E-state index in [1.807, 2.05) is 6.07 Å². The number of carboxylic acids is 1. The minimum absolute atomic E-state index is 0.191. The maximum atomic E-state index is 11.5. The molecule has 0 radical (unpaired) electrons. The van der Waals surface area contributed by atoms with Gasteiger partial charge < -0.3 is 5.11 Å². The minimum atomic E-state index is -0.617. The van der Waals surface area contributed by atoms with Gasteiger partial charge in [0.15, 0.2) is 0 Å². The first kappa shape index (κ1) is 11.2. The van der Waals surface area contributed by atoms with Gasteiger partial charge in [0, 0.05) is 22.9 Å². The summed E-state index contributed by atoms with van der Waals surface area (Å²) in [4.78, 5) is 15.1. The number of hydrogen-bond donors (Lipinski definition) is 1. The monoisotopic (exact) mass is 251 g/mol. The van der Waals surface area contributed by atoms with E-state index < -0.39 is 5.97 Å². The van der Waals surface area contributed by atoms with Crippen molar-refractivity contribution in [3.63, 3.8) is 0 Å². The highest BCUT2D eigenvalue weighted by Crippen LogP contribution is 2.47. The number of carbonyl (C=O) groups is 1. The first-order valence-corrected chi connectivity index (χ1v) is 7.04. The number of fused-ring (bicyclic) bond motifs is 2. The van der Waals surface area contributed by atoms with Crippen molar-refractivity contribution < 1.29 is 9.90 Å². The molecule has 2 aliphatic rings. The van der Waals surface area contributed by atoms with E-state index in [1.165, 1.54) is 4.88 Å². The summed E-state index contributed by atoms with van der Waals surface area (Å²) in [5.41, 5.74) is 0. The molecule has 0 aromatic carbocycles. The van der Waals surface area contributed by atoms with Crippen molar-refractivity contribution in [2.75, 3.05) is 7.05 Å². The second-order valence-electron chi connectivity index (χ2n) is 5.19. The molecule has 3 rings (SSSR count). The van der Waals surface area contributed by atoms with Gasteiger partial charge in [-0.15, -0.1) is 11.3 Å². The molecule has 2 aliphatic heterocycles. The maximum absolute atomic E-state index is 11.5. The Morgan fingerprint density at radius 1 is 1.53 bits per heavy atom. The average molecular weight is 251 g/mol. The van der Waals surface area contributed by atoms with Crippen LogP contribution in [0.5, 0.6) is 0 Å². The minimum Gasteiger partial charge on any atom is -0.481 e. The molecule has 1 N–H and O–H groups in total. The zero-order chi connectivity index (χ0) is 12.0. The van der Waals surface area contributed by atoms with Crippen molar-refractivity contribution in [3.05, 3.63) is 22.4 Å². The molecule has 0 amide bonds. The molecule has 17 heavy (non-hydrogen) atoms. The normalized spacial score (nSPS) is 37.2. The summed E-state index contributed by atoms with van der Waals surface area (Å²) in [5.74, 6) is -0.619. The summed E-state index contributed by atoms with van der Waals surface area (Å²) < 4.78 is 0. The van der Waals surface area contributed by atoms with Crippen LogP contribution < -0.4 is 0 Å². The second-order valence-corrected chi connectivity index (χ2v) is 6.16. The third-order valence-electron chi connectivity index (χ3n) is 4.46. The van der Waals surface area contributed by atoms with E-state index in [0.29, 0.717) is 12.1 Å². The van der Waals surface area contributed by atoms with Crippen LogP contribution in [0.4, 0.5) is 0 Å². The largest absolute Gasteiger partial charge is 0.481 e. The van der Waals surface area contributed by atoms with Crippen molar-refractivity contribution in [2.24, 2.45) is 5.92 Å². The fourth-order valence-electron chi connectivity index (χ4n) is 3.59. The third-order valence-corrected chi connectivity index (χ3v) is 5.43. The van der Waals surface area contributed by atoms with Gasteiger partial charge >= 0.3 is 5.97 Å². The Morgan fingerprint density at radius 2 is 2.35 bits per heavy atom. The Kier molecular flexibility index (Phi) is 2.71. The molecule has 3 nitrogen and oxygen atoms in total. The molecule has 0 saturated carbocycles. The van der Waals surface area contributed by atoms with Crippen molar-refractivity contribution in [2.45, 2.75) is 37.3 Å². The van der Waals surface area contributed by atoms with E-state index in [1.54, 1.807) is 11.3 Å². The molecular formula is C13H17NO2S. The first-order valence-electron chi connectivity index (χ1n) is 6.16. The molecule has 3 unspecified atom stereocenters. The van der Waals surface area contributed by atoms with Crippen LogP contribution in [-0.2, 0) is 4.79 Å². The van der Waals surface area contributed by atoms with Crippen molar-refractivity contribution >= 4 is 17.3 Å². The number of likely N-dealkylation sites (N-methyl/N-ethyl adjacent to an activating group) is 1. The van der Waals surface area contributed by atoms with Gasteiger partial charge in [-0.25, -0.2) is 0 Å². The number of piperidine rings is 1. The summed E-state index contributed by atoms with van der Waals surface area (Å²) in [6.45, 7) is 0. The lowest BCUT2D eigenvalue weighted by molar-refractivity contribution is -0.145. The van der Waals surface area contributed by atoms with Crippen LogP contribution in [0.3, 0.4) is 0 Å². The van der Waals surface area contributed by atoms with E-state index in [2.05, 4.69) is 23.4 Å². The van der Waals surface area contributed by atoms with Crippen LogP contribution in [0.2, 0.25) is 0 Å². The molecule has 2 bridgehead atoms. The quantitative estimate of drug-likeness (QED) is 0.877. The Balaban J connectivity index is 1.98. The molecule has 0 aliphatic carbocycles. The fourth-order valence-corrected chi connectivity index (χ4v) is 4.54. The molecule has 92 valence electrons. The molecule has 4 heteroatoms. The fraction of sp³-hybridized carbons (Fsp3) is 0.615. The highest BCUT2D eigenvalue weighted by Gasteiger charge is 2.48. The molecular weight excluding hydrogens is 234 g/mol. The van der Waals surface area contributed by atoms with Crippen molar-refractivity contribution in [3.8, 4) is 0 Å². The number of nitrogens with zero attached hydrogens (tertiary/aromatic N) is 1. The van der Waals surface area contributed by atoms with Crippen LogP contribution >= 0.6 is 11.3 Å². The molecule has 1 aromatic rings. The lowest BCUT2D eigenvalue weighted by Gasteiger charge is -2.41. The van der Waals surface area contributed by atoms with E-state index in [9.17, 15) is 9.90 Å². The number of carboxylic acid groups (broad SMARTS) is 1. The maximum Gasteiger partial charge on any atom is 0.307 e. The Labute approximate surface area is 105 Å². The predicted octanol–water partition coefficient (Wildman–Crippen LogP) is 2.40. The van der Waals surface area contributed by atoms with Gasteiger partial charge in [0.2, 0.25) is 0 Å². The molecule has 2 saturated heterocycles. The Morgan fingerprint density at radius 3 is 3.00 bits per heavy atom. The topological polar surface area (TPSA) is 40.5 Å². The lowest BCUT2D eigenvalue weighted by Crippen LogP contribution is -2.47. The Hall–Kier alpha value is -0.870. The third kappa shape index (κ3) is 1.70. The van der Waals surface area contributed by atoms with Crippen molar-refractivity contribution in [1.29, 1.82) is 0 Å². The zero-order valence-corrected chi connectivity index (χ0v) is 10.7. The average Bonchev–Trinajstić information content (AvgIpc) is 2.87. The predicted molar refractivity (Wildman–Crippen MR) is 67.4 cm³/mol. The van der Waals surface area contributed by atoms with Gasteiger partial charge in [-0.1, -0.05) is 6.07 Å². The zero-order valence-electron chi connectivity index (χ0n) is 9.87. The summed E-state index contributed by atoms with van der Waals surface area (Å²) in [7, 11) is 2.15. The standard InChI is InChI=1S/C13H17NO2S/c1-14-8-4-5-10(14)12(9(7-8)13(15)16)11-3-2-6-17-11/h2-3,6,8-10,12H,4-5,7H2,1H3,(H,15,16)/t8?,9?,10-,12?/m0/s1. The van der Waals surface area contributed by atoms with Gasteiger partial charge in [0.05, 0.1) is 5.92 Å². The molecule has 0 spiro atoms. The van der Waals surface area contributed by atoms with Gasteiger partial charge in [0.25, 0.3) is 0 Å². The second kappa shape index (κ2) is 4.10. The van der Waals surface area contributed by atoms with E-state index in [4.69, 9.17) is 0 Å². The molecule has 3 heterocycles.